The van der Waals surface area contributed by atoms with E-state index in [0.29, 0.717) is 0 Å². The van der Waals surface area contributed by atoms with Gasteiger partial charge >= 0.3 is 0 Å². The van der Waals surface area contributed by atoms with Crippen LogP contribution in [0.4, 0.5) is 4.39 Å². The Bertz CT molecular complexity index is 1080. The third kappa shape index (κ3) is 3.58. The first-order chi connectivity index (χ1) is 14.6. The number of aliphatic hydroxyl groups excluding tert-OH is 1. The molecule has 4 nitrogen and oxygen atoms in total. The van der Waals surface area contributed by atoms with Gasteiger partial charge in [0, 0.05) is 5.92 Å². The normalized spacial score (nSPS) is 20.3. The second-order valence-electron chi connectivity index (χ2n) is 7.41. The zero-order valence-electron chi connectivity index (χ0n) is 16.3. The maximum absolute atomic E-state index is 13.4. The lowest BCUT2D eigenvalue weighted by molar-refractivity contribution is -0.146. The summed E-state index contributed by atoms with van der Waals surface area (Å²) in [5, 5.41) is 19.9. The van der Waals surface area contributed by atoms with Crippen LogP contribution in [-0.4, -0.2) is 34.6 Å². The van der Waals surface area contributed by atoms with E-state index in [2.05, 4.69) is 6.07 Å². The van der Waals surface area contributed by atoms with Gasteiger partial charge in [0.15, 0.2) is 0 Å². The summed E-state index contributed by atoms with van der Waals surface area (Å²) in [6.07, 6.45) is 0.182. The molecule has 150 valence electrons. The third-order valence-electron chi connectivity index (χ3n) is 5.69. The molecule has 3 aromatic carbocycles. The van der Waals surface area contributed by atoms with Crippen LogP contribution in [0.15, 0.2) is 78.9 Å². The van der Waals surface area contributed by atoms with Gasteiger partial charge in [0.25, 0.3) is 0 Å². The van der Waals surface area contributed by atoms with E-state index in [1.54, 1.807) is 12.1 Å². The minimum atomic E-state index is -0.667. The molecule has 0 spiro atoms. The zero-order valence-corrected chi connectivity index (χ0v) is 16.3. The van der Waals surface area contributed by atoms with Crippen LogP contribution in [0.25, 0.3) is 11.1 Å². The Kier molecular flexibility index (Phi) is 5.60. The van der Waals surface area contributed by atoms with Crippen molar-refractivity contribution in [1.29, 1.82) is 5.26 Å². The molecule has 0 bridgehead atoms. The Morgan fingerprint density at radius 3 is 2.33 bits per heavy atom. The molecule has 0 saturated carbocycles. The molecular formula is C25H21FN2O2. The highest BCUT2D eigenvalue weighted by Crippen LogP contribution is 2.44. The topological polar surface area (TPSA) is 64.3 Å². The Labute approximate surface area is 174 Å². The summed E-state index contributed by atoms with van der Waals surface area (Å²) in [6, 6.07) is 24.2. The fourth-order valence-corrected chi connectivity index (χ4v) is 4.26. The molecule has 1 heterocycles. The monoisotopic (exact) mass is 400 g/mol. The number of nitriles is 1. The Hall–Kier alpha value is -3.49. The average molecular weight is 400 g/mol. The quantitative estimate of drug-likeness (QED) is 0.706. The first-order valence-corrected chi connectivity index (χ1v) is 9.84. The molecule has 1 aliphatic rings. The number of rotatable bonds is 5. The maximum atomic E-state index is 13.4. The van der Waals surface area contributed by atoms with Crippen molar-refractivity contribution in [3.8, 4) is 17.2 Å². The molecule has 1 saturated heterocycles. The molecule has 3 atom stereocenters. The van der Waals surface area contributed by atoms with E-state index in [1.165, 1.54) is 17.0 Å². The molecule has 0 radical (unpaired) electrons. The molecule has 0 unspecified atom stereocenters. The van der Waals surface area contributed by atoms with Gasteiger partial charge in [-0.25, -0.2) is 4.39 Å². The van der Waals surface area contributed by atoms with Gasteiger partial charge in [0.05, 0.1) is 25.1 Å². The average Bonchev–Trinajstić information content (AvgIpc) is 2.75. The van der Waals surface area contributed by atoms with E-state index in [1.807, 2.05) is 54.6 Å². The highest BCUT2D eigenvalue weighted by Gasteiger charge is 2.51. The molecule has 3 aromatic rings. The molecule has 5 heteroatoms. The standard InChI is InChI=1S/C25H21FN2O2/c26-19-12-10-18(11-13-19)20-8-4-5-9-21(20)25-22(15-27)28(23(25)16-29)24(30)14-17-6-2-1-3-7-17/h1-13,22-23,25,29H,14,16H2/t22-,23+,25+/m0/s1. The summed E-state index contributed by atoms with van der Waals surface area (Å²) in [5.41, 5.74) is 3.44. The first kappa shape index (κ1) is 19.8. The minimum Gasteiger partial charge on any atom is -0.394 e. The van der Waals surface area contributed by atoms with E-state index < -0.39 is 12.1 Å². The lowest BCUT2D eigenvalue weighted by Crippen LogP contribution is -2.65. The molecule has 30 heavy (non-hydrogen) atoms. The minimum absolute atomic E-state index is 0.178. The fourth-order valence-electron chi connectivity index (χ4n) is 4.26. The second-order valence-corrected chi connectivity index (χ2v) is 7.41. The van der Waals surface area contributed by atoms with Gasteiger partial charge in [-0.15, -0.1) is 0 Å². The largest absolute Gasteiger partial charge is 0.394 e. The van der Waals surface area contributed by atoms with Crippen LogP contribution in [0.1, 0.15) is 17.0 Å². The van der Waals surface area contributed by atoms with Gasteiger partial charge in [-0.05, 0) is 34.4 Å². The van der Waals surface area contributed by atoms with Gasteiger partial charge in [-0.2, -0.15) is 5.26 Å². The van der Waals surface area contributed by atoms with Gasteiger partial charge in [0.1, 0.15) is 11.9 Å². The Morgan fingerprint density at radius 2 is 1.67 bits per heavy atom. The molecule has 1 amide bonds. The summed E-state index contributed by atoms with van der Waals surface area (Å²) >= 11 is 0. The van der Waals surface area contributed by atoms with Crippen molar-refractivity contribution in [3.63, 3.8) is 0 Å². The number of halogens is 1. The smallest absolute Gasteiger partial charge is 0.228 e. The third-order valence-corrected chi connectivity index (χ3v) is 5.69. The number of aliphatic hydroxyl groups is 1. The number of hydrogen-bond donors (Lipinski definition) is 1. The van der Waals surface area contributed by atoms with Crippen molar-refractivity contribution in [2.24, 2.45) is 0 Å². The predicted octanol–water partition coefficient (Wildman–Crippen LogP) is 3.91. The van der Waals surface area contributed by atoms with Crippen molar-refractivity contribution in [1.82, 2.24) is 4.90 Å². The summed E-state index contributed by atoms with van der Waals surface area (Å²) in [4.78, 5) is 14.4. The van der Waals surface area contributed by atoms with Crippen LogP contribution in [0.3, 0.4) is 0 Å². The number of hydrogen-bond acceptors (Lipinski definition) is 3. The number of benzene rings is 3. The number of carbonyl (C=O) groups excluding carboxylic acids is 1. The fraction of sp³-hybridized carbons (Fsp3) is 0.200. The lowest BCUT2D eigenvalue weighted by Gasteiger charge is -2.52. The number of carbonyl (C=O) groups is 1. The summed E-state index contributed by atoms with van der Waals surface area (Å²) in [7, 11) is 0. The Morgan fingerprint density at radius 1 is 1.00 bits per heavy atom. The van der Waals surface area contributed by atoms with Crippen molar-refractivity contribution in [3.05, 3.63) is 95.8 Å². The molecule has 0 aliphatic carbocycles. The van der Waals surface area contributed by atoms with Crippen LogP contribution in [0.5, 0.6) is 0 Å². The maximum Gasteiger partial charge on any atom is 0.228 e. The highest BCUT2D eigenvalue weighted by molar-refractivity contribution is 5.82. The molecule has 0 aromatic heterocycles. The van der Waals surface area contributed by atoms with Gasteiger partial charge in [-0.3, -0.25) is 4.79 Å². The van der Waals surface area contributed by atoms with Crippen LogP contribution < -0.4 is 0 Å². The molecule has 1 N–H and O–H groups in total. The van der Waals surface area contributed by atoms with E-state index in [0.717, 1.165) is 22.3 Å². The molecular weight excluding hydrogens is 379 g/mol. The van der Waals surface area contributed by atoms with E-state index >= 15 is 0 Å². The summed E-state index contributed by atoms with van der Waals surface area (Å²) < 4.78 is 13.4. The van der Waals surface area contributed by atoms with E-state index in [9.17, 15) is 19.6 Å². The summed E-state index contributed by atoms with van der Waals surface area (Å²) in [5.74, 6) is -0.816. The number of nitrogens with zero attached hydrogens (tertiary/aromatic N) is 2. The highest BCUT2D eigenvalue weighted by atomic mass is 19.1. The number of likely N-dealkylation sites (tertiary alicyclic amines) is 1. The Balaban J connectivity index is 1.65. The lowest BCUT2D eigenvalue weighted by atomic mass is 9.73. The van der Waals surface area contributed by atoms with Gasteiger partial charge in [0.2, 0.25) is 5.91 Å². The van der Waals surface area contributed by atoms with E-state index in [4.69, 9.17) is 0 Å². The van der Waals surface area contributed by atoms with E-state index in [-0.39, 0.29) is 30.7 Å². The first-order valence-electron chi connectivity index (χ1n) is 9.84. The van der Waals surface area contributed by atoms with Crippen molar-refractivity contribution >= 4 is 5.91 Å². The van der Waals surface area contributed by atoms with Crippen LogP contribution >= 0.6 is 0 Å². The molecule has 1 fully saturated rings. The van der Waals surface area contributed by atoms with Crippen molar-refractivity contribution in [2.45, 2.75) is 24.4 Å². The number of amides is 1. The van der Waals surface area contributed by atoms with Crippen molar-refractivity contribution < 1.29 is 14.3 Å². The summed E-state index contributed by atoms with van der Waals surface area (Å²) in [6.45, 7) is -0.235. The second kappa shape index (κ2) is 8.48. The molecule has 4 rings (SSSR count). The predicted molar refractivity (Wildman–Crippen MR) is 112 cm³/mol. The van der Waals surface area contributed by atoms with Crippen LogP contribution in [0, 0.1) is 17.1 Å². The van der Waals surface area contributed by atoms with Crippen LogP contribution in [-0.2, 0) is 11.2 Å². The molecule has 1 aliphatic heterocycles. The van der Waals surface area contributed by atoms with Crippen molar-refractivity contribution in [2.75, 3.05) is 6.61 Å². The van der Waals surface area contributed by atoms with Gasteiger partial charge in [-0.1, -0.05) is 66.7 Å². The van der Waals surface area contributed by atoms with Gasteiger partial charge < -0.3 is 10.0 Å². The van der Waals surface area contributed by atoms with Crippen LogP contribution in [0.2, 0.25) is 0 Å². The zero-order chi connectivity index (χ0) is 21.1. The SMILES string of the molecule is N#C[C@H]1[C@@H](c2ccccc2-c2ccc(F)cc2)[C@@H](CO)N1C(=O)Cc1ccccc1.